The van der Waals surface area contributed by atoms with Crippen LogP contribution in [0.5, 0.6) is 5.75 Å². The first-order valence-electron chi connectivity index (χ1n) is 7.49. The third-order valence-electron chi connectivity index (χ3n) is 4.39. The van der Waals surface area contributed by atoms with E-state index in [1.807, 2.05) is 6.07 Å². The quantitative estimate of drug-likeness (QED) is 0.884. The van der Waals surface area contributed by atoms with Crippen LogP contribution in [0.1, 0.15) is 32.1 Å². The van der Waals surface area contributed by atoms with Crippen LogP contribution in [0.4, 0.5) is 10.1 Å². The Morgan fingerprint density at radius 2 is 2.10 bits per heavy atom. The summed E-state index contributed by atoms with van der Waals surface area (Å²) in [5.74, 6) is 1.03. The fraction of sp³-hybridized carbons (Fsp3) is 0.562. The van der Waals surface area contributed by atoms with Crippen molar-refractivity contribution in [1.29, 1.82) is 0 Å². The molecule has 0 radical (unpaired) electrons. The zero-order valence-corrected chi connectivity index (χ0v) is 13.1. The van der Waals surface area contributed by atoms with Crippen molar-refractivity contribution < 1.29 is 9.13 Å². The van der Waals surface area contributed by atoms with E-state index in [9.17, 15) is 4.39 Å². The molecule has 1 N–H and O–H groups in total. The minimum absolute atomic E-state index is 0.264. The van der Waals surface area contributed by atoms with Gasteiger partial charge in [0.15, 0.2) is 16.7 Å². The van der Waals surface area contributed by atoms with E-state index >= 15 is 0 Å². The summed E-state index contributed by atoms with van der Waals surface area (Å²) in [5.41, 5.74) is 1.14. The van der Waals surface area contributed by atoms with E-state index in [0.717, 1.165) is 23.2 Å². The van der Waals surface area contributed by atoms with Gasteiger partial charge in [0.25, 0.3) is 0 Å². The lowest BCUT2D eigenvalue weighted by Crippen LogP contribution is -2.35. The zero-order valence-electron chi connectivity index (χ0n) is 12.3. The van der Waals surface area contributed by atoms with Crippen LogP contribution in [-0.4, -0.2) is 24.6 Å². The maximum Gasteiger partial charge on any atom is 0.167 e. The van der Waals surface area contributed by atoms with Gasteiger partial charge in [0.05, 0.1) is 7.11 Å². The number of ether oxygens (including phenoxy) is 1. The van der Waals surface area contributed by atoms with Crippen molar-refractivity contribution in [2.75, 3.05) is 24.7 Å². The van der Waals surface area contributed by atoms with Crippen LogP contribution < -0.4 is 10.1 Å². The Hall–Kier alpha value is -1.23. The van der Waals surface area contributed by atoms with Gasteiger partial charge in [0.2, 0.25) is 0 Å². The van der Waals surface area contributed by atoms with Crippen molar-refractivity contribution in [2.45, 2.75) is 32.1 Å². The van der Waals surface area contributed by atoms with Gasteiger partial charge in [-0.3, -0.25) is 4.99 Å². The Morgan fingerprint density at radius 1 is 1.29 bits per heavy atom. The molecule has 1 fully saturated rings. The average molecular weight is 308 g/mol. The number of benzene rings is 1. The molecule has 2 aliphatic rings. The number of amidine groups is 1. The summed E-state index contributed by atoms with van der Waals surface area (Å²) in [6, 6.07) is 4.90. The fourth-order valence-corrected chi connectivity index (χ4v) is 4.27. The smallest absolute Gasteiger partial charge is 0.167 e. The maximum absolute atomic E-state index is 13.7. The number of nitrogens with zero attached hydrogens (tertiary/aromatic N) is 1. The van der Waals surface area contributed by atoms with Gasteiger partial charge in [-0.2, -0.15) is 0 Å². The third kappa shape index (κ3) is 3.34. The second-order valence-electron chi connectivity index (χ2n) is 5.95. The number of anilines is 1. The highest BCUT2D eigenvalue weighted by Gasteiger charge is 2.34. The Labute approximate surface area is 129 Å². The molecule has 1 heterocycles. The van der Waals surface area contributed by atoms with Crippen molar-refractivity contribution in [3.8, 4) is 5.75 Å². The van der Waals surface area contributed by atoms with E-state index in [2.05, 4.69) is 10.3 Å². The molecule has 1 saturated carbocycles. The predicted molar refractivity (Wildman–Crippen MR) is 86.9 cm³/mol. The molecule has 0 aromatic heterocycles. The second kappa shape index (κ2) is 6.26. The highest BCUT2D eigenvalue weighted by Crippen LogP contribution is 2.42. The van der Waals surface area contributed by atoms with Crippen molar-refractivity contribution >= 4 is 22.6 Å². The molecule has 1 aliphatic carbocycles. The molecule has 0 saturated heterocycles. The first kappa shape index (κ1) is 14.7. The van der Waals surface area contributed by atoms with Crippen LogP contribution in [0.25, 0.3) is 0 Å². The Kier molecular flexibility index (Phi) is 4.38. The van der Waals surface area contributed by atoms with Crippen LogP contribution in [0.3, 0.4) is 0 Å². The largest absolute Gasteiger partial charge is 0.494 e. The Bertz CT molecular complexity index is 541. The summed E-state index contributed by atoms with van der Waals surface area (Å²) in [6.45, 7) is 0.904. The number of halogens is 1. The molecule has 0 bridgehead atoms. The number of thioether (sulfide) groups is 1. The minimum atomic E-state index is -0.354. The second-order valence-corrected chi connectivity index (χ2v) is 6.91. The molecule has 1 aromatic carbocycles. The molecule has 1 aromatic rings. The molecule has 3 rings (SSSR count). The van der Waals surface area contributed by atoms with Crippen LogP contribution in [-0.2, 0) is 0 Å². The van der Waals surface area contributed by atoms with Crippen LogP contribution in [0, 0.1) is 11.2 Å². The molecule has 5 heteroatoms. The fourth-order valence-electron chi connectivity index (χ4n) is 3.10. The summed E-state index contributed by atoms with van der Waals surface area (Å²) in [6.07, 6.45) is 6.64. The van der Waals surface area contributed by atoms with Crippen LogP contribution in [0.2, 0.25) is 0 Å². The lowest BCUT2D eigenvalue weighted by molar-refractivity contribution is 0.232. The van der Waals surface area contributed by atoms with E-state index < -0.39 is 0 Å². The van der Waals surface area contributed by atoms with Crippen molar-refractivity contribution in [3.63, 3.8) is 0 Å². The molecule has 1 aliphatic heterocycles. The first-order valence-corrected chi connectivity index (χ1v) is 8.47. The van der Waals surface area contributed by atoms with Gasteiger partial charge in [-0.15, -0.1) is 0 Å². The minimum Gasteiger partial charge on any atom is -0.494 e. The monoisotopic (exact) mass is 308 g/mol. The molecule has 114 valence electrons. The molecule has 0 atom stereocenters. The Balaban J connectivity index is 1.65. The number of methoxy groups -OCH3 is 1. The van der Waals surface area contributed by atoms with Gasteiger partial charge >= 0.3 is 0 Å². The molecular formula is C16H21FN2OS. The summed E-state index contributed by atoms with van der Waals surface area (Å²) >= 11 is 1.76. The van der Waals surface area contributed by atoms with Gasteiger partial charge in [-0.25, -0.2) is 4.39 Å². The molecule has 1 spiro atoms. The lowest BCUT2D eigenvalue weighted by Gasteiger charge is -2.38. The van der Waals surface area contributed by atoms with Gasteiger partial charge in [-0.05, 0) is 30.4 Å². The van der Waals surface area contributed by atoms with Gasteiger partial charge in [-0.1, -0.05) is 31.0 Å². The summed E-state index contributed by atoms with van der Waals surface area (Å²) in [4.78, 5) is 4.69. The highest BCUT2D eigenvalue weighted by molar-refractivity contribution is 8.14. The molecule has 21 heavy (non-hydrogen) atoms. The summed E-state index contributed by atoms with van der Waals surface area (Å²) < 4.78 is 18.6. The number of nitrogens with one attached hydrogen (secondary N) is 1. The molecule has 0 amide bonds. The van der Waals surface area contributed by atoms with Crippen molar-refractivity contribution in [3.05, 3.63) is 24.0 Å². The first-order chi connectivity index (χ1) is 10.2. The zero-order chi connectivity index (χ0) is 14.7. The summed E-state index contributed by atoms with van der Waals surface area (Å²) in [5, 5.41) is 4.11. The third-order valence-corrected chi connectivity index (χ3v) is 5.65. The van der Waals surface area contributed by atoms with E-state index in [4.69, 9.17) is 4.74 Å². The Morgan fingerprint density at radius 3 is 2.71 bits per heavy atom. The van der Waals surface area contributed by atoms with Crippen LogP contribution in [0.15, 0.2) is 23.2 Å². The van der Waals surface area contributed by atoms with Gasteiger partial charge in [0, 0.05) is 24.1 Å². The molecular weight excluding hydrogens is 287 g/mol. The van der Waals surface area contributed by atoms with E-state index in [1.54, 1.807) is 17.8 Å². The van der Waals surface area contributed by atoms with Gasteiger partial charge in [0.1, 0.15) is 0 Å². The van der Waals surface area contributed by atoms with E-state index in [-0.39, 0.29) is 11.6 Å². The molecule has 0 unspecified atom stereocenters. The number of hydrogen-bond acceptors (Lipinski definition) is 4. The average Bonchev–Trinajstić information content (AvgIpc) is 2.51. The van der Waals surface area contributed by atoms with Crippen molar-refractivity contribution in [1.82, 2.24) is 0 Å². The van der Waals surface area contributed by atoms with Crippen LogP contribution >= 0.6 is 11.8 Å². The highest BCUT2D eigenvalue weighted by atomic mass is 32.2. The standard InChI is InChI=1S/C16H21FN2OS/c1-20-14-6-5-12(9-13(14)17)19-15-18-10-16(11-21-15)7-3-2-4-8-16/h5-6,9H,2-4,7-8,10-11H2,1H3,(H,18,19). The maximum atomic E-state index is 13.7. The van der Waals surface area contributed by atoms with Gasteiger partial charge < -0.3 is 10.1 Å². The normalized spacial score (nSPS) is 21.0. The molecule has 3 nitrogen and oxygen atoms in total. The van der Waals surface area contributed by atoms with E-state index in [1.165, 1.54) is 45.3 Å². The summed E-state index contributed by atoms with van der Waals surface area (Å²) in [7, 11) is 1.47. The van der Waals surface area contributed by atoms with Crippen molar-refractivity contribution in [2.24, 2.45) is 10.4 Å². The lowest BCUT2D eigenvalue weighted by atomic mass is 9.75. The topological polar surface area (TPSA) is 33.6 Å². The van der Waals surface area contributed by atoms with E-state index in [0.29, 0.717) is 5.41 Å². The number of aliphatic imine (C=N–C) groups is 1. The predicted octanol–water partition coefficient (Wildman–Crippen LogP) is 4.30. The SMILES string of the molecule is COc1ccc(NC2=NCC3(CCCCC3)CS2)cc1F. The number of rotatable bonds is 2. The number of hydrogen-bond donors (Lipinski definition) is 1.